The van der Waals surface area contributed by atoms with E-state index in [0.29, 0.717) is 5.84 Å². The molecule has 0 radical (unpaired) electrons. The highest BCUT2D eigenvalue weighted by Gasteiger charge is 2.23. The smallest absolute Gasteiger partial charge is 0.108 e. The minimum Gasteiger partial charge on any atom is -0.386 e. The largest absolute Gasteiger partial charge is 0.386 e. The molecule has 0 aromatic rings. The van der Waals surface area contributed by atoms with Crippen molar-refractivity contribution in [2.45, 2.75) is 39.2 Å². The number of nitrogens with zero attached hydrogens (tertiary/aromatic N) is 1. The van der Waals surface area contributed by atoms with Gasteiger partial charge in [0, 0.05) is 0 Å². The van der Waals surface area contributed by atoms with Gasteiger partial charge in [0.05, 0.1) is 6.04 Å². The van der Waals surface area contributed by atoms with Gasteiger partial charge in [0.25, 0.3) is 0 Å². The van der Waals surface area contributed by atoms with E-state index >= 15 is 0 Å². The van der Waals surface area contributed by atoms with Crippen LogP contribution >= 0.6 is 0 Å². The summed E-state index contributed by atoms with van der Waals surface area (Å²) in [4.78, 5) is 2.35. The maximum absolute atomic E-state index is 7.47. The van der Waals surface area contributed by atoms with Crippen LogP contribution in [0, 0.1) is 11.3 Å². The molecule has 0 saturated carbocycles. The predicted octanol–water partition coefficient (Wildman–Crippen LogP) is 1.43. The average molecular weight is 183 g/mol. The van der Waals surface area contributed by atoms with Crippen LogP contribution in [0.2, 0.25) is 0 Å². The first-order valence-electron chi connectivity index (χ1n) is 5.23. The second-order valence-corrected chi connectivity index (χ2v) is 4.10. The zero-order chi connectivity index (χ0) is 9.84. The lowest BCUT2D eigenvalue weighted by atomic mass is 9.97. The lowest BCUT2D eigenvalue weighted by molar-refractivity contribution is 0.166. The molecular formula is C10H21N3. The Morgan fingerprint density at radius 3 is 2.46 bits per heavy atom. The molecule has 3 nitrogen and oxygen atoms in total. The zero-order valence-corrected chi connectivity index (χ0v) is 8.71. The monoisotopic (exact) mass is 183 g/mol. The number of hydrogen-bond acceptors (Lipinski definition) is 2. The third-order valence-electron chi connectivity index (χ3n) is 3.00. The Labute approximate surface area is 80.8 Å². The Morgan fingerprint density at radius 2 is 2.08 bits per heavy atom. The molecule has 0 aromatic heterocycles. The second kappa shape index (κ2) is 4.61. The van der Waals surface area contributed by atoms with E-state index < -0.39 is 0 Å². The third kappa shape index (κ3) is 2.69. The number of amidine groups is 1. The van der Waals surface area contributed by atoms with Gasteiger partial charge in [-0.2, -0.15) is 0 Å². The van der Waals surface area contributed by atoms with Crippen LogP contribution in [0.1, 0.15) is 33.1 Å². The topological polar surface area (TPSA) is 53.1 Å². The van der Waals surface area contributed by atoms with Gasteiger partial charge in [-0.15, -0.1) is 0 Å². The molecule has 0 aromatic carbocycles. The molecule has 0 aliphatic carbocycles. The molecule has 1 saturated heterocycles. The van der Waals surface area contributed by atoms with Crippen molar-refractivity contribution in [3.8, 4) is 0 Å². The number of nitrogens with two attached hydrogens (primary N) is 1. The Hall–Kier alpha value is -0.570. The van der Waals surface area contributed by atoms with E-state index in [1.807, 2.05) is 0 Å². The molecule has 1 atom stereocenters. The van der Waals surface area contributed by atoms with E-state index in [0.717, 1.165) is 25.4 Å². The lowest BCUT2D eigenvalue weighted by Gasteiger charge is -2.35. The van der Waals surface area contributed by atoms with Gasteiger partial charge < -0.3 is 5.73 Å². The van der Waals surface area contributed by atoms with Crippen molar-refractivity contribution in [1.29, 1.82) is 5.41 Å². The molecule has 1 fully saturated rings. The van der Waals surface area contributed by atoms with Gasteiger partial charge in [-0.05, 0) is 38.3 Å². The van der Waals surface area contributed by atoms with Gasteiger partial charge in [-0.1, -0.05) is 13.8 Å². The maximum atomic E-state index is 7.47. The molecule has 0 spiro atoms. The van der Waals surface area contributed by atoms with E-state index in [-0.39, 0.29) is 6.04 Å². The highest BCUT2D eigenvalue weighted by molar-refractivity contribution is 5.82. The Kier molecular flexibility index (Phi) is 3.72. The second-order valence-electron chi connectivity index (χ2n) is 4.10. The molecular weight excluding hydrogens is 162 g/mol. The van der Waals surface area contributed by atoms with Crippen molar-refractivity contribution in [2.75, 3.05) is 13.1 Å². The van der Waals surface area contributed by atoms with Crippen molar-refractivity contribution < 1.29 is 0 Å². The molecule has 0 bridgehead atoms. The van der Waals surface area contributed by atoms with E-state index in [1.165, 1.54) is 12.8 Å². The number of likely N-dealkylation sites (tertiary alicyclic amines) is 1. The first-order chi connectivity index (χ1) is 6.15. The molecule has 76 valence electrons. The lowest BCUT2D eigenvalue weighted by Crippen LogP contribution is -2.47. The molecule has 1 aliphatic heterocycles. The standard InChI is InChI=1S/C10H21N3/c1-3-9(10(11)12)13-6-4-8(2)5-7-13/h8-9H,3-7H2,1-2H3,(H3,11,12). The summed E-state index contributed by atoms with van der Waals surface area (Å²) in [6, 6.07) is 0.187. The third-order valence-corrected chi connectivity index (χ3v) is 3.00. The van der Waals surface area contributed by atoms with Gasteiger partial charge in [0.2, 0.25) is 0 Å². The molecule has 3 heteroatoms. The summed E-state index contributed by atoms with van der Waals surface area (Å²) in [7, 11) is 0. The fourth-order valence-corrected chi connectivity index (χ4v) is 2.02. The molecule has 1 rings (SSSR count). The summed E-state index contributed by atoms with van der Waals surface area (Å²) in [6.07, 6.45) is 3.47. The van der Waals surface area contributed by atoms with E-state index in [1.54, 1.807) is 0 Å². The van der Waals surface area contributed by atoms with Gasteiger partial charge in [-0.25, -0.2) is 0 Å². The molecule has 1 unspecified atom stereocenters. The minimum absolute atomic E-state index is 0.187. The van der Waals surface area contributed by atoms with Crippen LogP contribution in [0.3, 0.4) is 0 Å². The van der Waals surface area contributed by atoms with Gasteiger partial charge in [0.1, 0.15) is 5.84 Å². The Balaban J connectivity index is 2.46. The van der Waals surface area contributed by atoms with E-state index in [2.05, 4.69) is 18.7 Å². The SMILES string of the molecule is CCC(C(=N)N)N1CCC(C)CC1. The number of hydrogen-bond donors (Lipinski definition) is 2. The van der Waals surface area contributed by atoms with Crippen molar-refractivity contribution in [3.63, 3.8) is 0 Å². The number of piperidine rings is 1. The average Bonchev–Trinajstić information content (AvgIpc) is 2.09. The summed E-state index contributed by atoms with van der Waals surface area (Å²) in [5.74, 6) is 1.18. The van der Waals surface area contributed by atoms with Crippen LogP contribution in [0.4, 0.5) is 0 Å². The van der Waals surface area contributed by atoms with Gasteiger partial charge >= 0.3 is 0 Å². The predicted molar refractivity (Wildman–Crippen MR) is 56.0 cm³/mol. The van der Waals surface area contributed by atoms with Crippen molar-refractivity contribution in [2.24, 2.45) is 11.7 Å². The summed E-state index contributed by atoms with van der Waals surface area (Å²) in [5.41, 5.74) is 5.55. The van der Waals surface area contributed by atoms with Gasteiger partial charge in [0.15, 0.2) is 0 Å². The number of nitrogens with one attached hydrogen (secondary N) is 1. The summed E-state index contributed by atoms with van der Waals surface area (Å²) in [6.45, 7) is 6.62. The molecule has 13 heavy (non-hydrogen) atoms. The maximum Gasteiger partial charge on any atom is 0.108 e. The highest BCUT2D eigenvalue weighted by atomic mass is 15.2. The van der Waals surface area contributed by atoms with Crippen LogP contribution in [-0.2, 0) is 0 Å². The highest BCUT2D eigenvalue weighted by Crippen LogP contribution is 2.18. The molecule has 1 aliphatic rings. The van der Waals surface area contributed by atoms with Crippen LogP contribution in [0.25, 0.3) is 0 Å². The minimum atomic E-state index is 0.187. The quantitative estimate of drug-likeness (QED) is 0.514. The van der Waals surface area contributed by atoms with Crippen LogP contribution in [0.5, 0.6) is 0 Å². The summed E-state index contributed by atoms with van der Waals surface area (Å²) < 4.78 is 0. The molecule has 0 amide bonds. The summed E-state index contributed by atoms with van der Waals surface area (Å²) >= 11 is 0. The normalized spacial score (nSPS) is 22.9. The van der Waals surface area contributed by atoms with E-state index in [9.17, 15) is 0 Å². The molecule has 1 heterocycles. The Morgan fingerprint density at radius 1 is 1.54 bits per heavy atom. The Bertz CT molecular complexity index is 171. The van der Waals surface area contributed by atoms with Crippen LogP contribution in [-0.4, -0.2) is 29.9 Å². The van der Waals surface area contributed by atoms with E-state index in [4.69, 9.17) is 11.1 Å². The first-order valence-corrected chi connectivity index (χ1v) is 5.23. The van der Waals surface area contributed by atoms with Crippen molar-refractivity contribution in [3.05, 3.63) is 0 Å². The van der Waals surface area contributed by atoms with Crippen molar-refractivity contribution in [1.82, 2.24) is 4.90 Å². The van der Waals surface area contributed by atoms with Crippen molar-refractivity contribution >= 4 is 5.84 Å². The van der Waals surface area contributed by atoms with Gasteiger partial charge in [-0.3, -0.25) is 10.3 Å². The van der Waals surface area contributed by atoms with Crippen LogP contribution < -0.4 is 5.73 Å². The number of rotatable bonds is 3. The fourth-order valence-electron chi connectivity index (χ4n) is 2.02. The fraction of sp³-hybridized carbons (Fsp3) is 0.900. The molecule has 3 N–H and O–H groups in total. The zero-order valence-electron chi connectivity index (χ0n) is 8.71. The first kappa shape index (κ1) is 10.5. The van der Waals surface area contributed by atoms with Crippen LogP contribution in [0.15, 0.2) is 0 Å². The summed E-state index contributed by atoms with van der Waals surface area (Å²) in [5, 5.41) is 7.47.